The smallest absolute Gasteiger partial charge is 0.0643 e. The summed E-state index contributed by atoms with van der Waals surface area (Å²) in [5, 5.41) is 4.27. The molecule has 2 rings (SSSR count). The van der Waals surface area contributed by atoms with E-state index in [1.165, 1.54) is 5.56 Å². The molecule has 14 heavy (non-hydrogen) atoms. The Balaban J connectivity index is 1.98. The van der Waals surface area contributed by atoms with E-state index in [0.717, 1.165) is 18.2 Å². The van der Waals surface area contributed by atoms with Crippen molar-refractivity contribution in [3.05, 3.63) is 34.9 Å². The maximum Gasteiger partial charge on any atom is 0.0643 e. The fraction of sp³-hybridized carbons (Fsp3) is 0.455. The Labute approximate surface area is 89.2 Å². The first-order valence-electron chi connectivity index (χ1n) is 4.85. The maximum absolute atomic E-state index is 5.92. The standard InChI is InChI=1S/C11H14ClNO/c1-8(13-11-6-14-7-11)9-3-2-4-10(12)5-9/h2-5,8,11,13H,6-7H2,1H3. The van der Waals surface area contributed by atoms with Gasteiger partial charge in [0.25, 0.3) is 0 Å². The Kier molecular flexibility index (Phi) is 3.06. The van der Waals surface area contributed by atoms with Gasteiger partial charge in [0.05, 0.1) is 19.3 Å². The molecule has 0 aliphatic carbocycles. The molecule has 1 aliphatic rings. The van der Waals surface area contributed by atoms with Crippen molar-refractivity contribution in [1.82, 2.24) is 5.32 Å². The van der Waals surface area contributed by atoms with E-state index in [0.29, 0.717) is 12.1 Å². The second kappa shape index (κ2) is 4.30. The van der Waals surface area contributed by atoms with E-state index in [1.807, 2.05) is 18.2 Å². The highest BCUT2D eigenvalue weighted by Gasteiger charge is 2.20. The molecule has 1 aromatic carbocycles. The molecule has 0 bridgehead atoms. The molecule has 0 radical (unpaired) electrons. The summed E-state index contributed by atoms with van der Waals surface area (Å²) in [4.78, 5) is 0. The van der Waals surface area contributed by atoms with Crippen LogP contribution in [0.4, 0.5) is 0 Å². The monoisotopic (exact) mass is 211 g/mol. The van der Waals surface area contributed by atoms with Crippen molar-refractivity contribution in [1.29, 1.82) is 0 Å². The molecule has 0 amide bonds. The highest BCUT2D eigenvalue weighted by atomic mass is 35.5. The quantitative estimate of drug-likeness (QED) is 0.829. The third-order valence-corrected chi connectivity index (χ3v) is 2.71. The van der Waals surface area contributed by atoms with Gasteiger partial charge >= 0.3 is 0 Å². The number of benzene rings is 1. The molecular formula is C11H14ClNO. The van der Waals surface area contributed by atoms with Gasteiger partial charge in [-0.3, -0.25) is 0 Å². The van der Waals surface area contributed by atoms with Gasteiger partial charge in [-0.1, -0.05) is 23.7 Å². The van der Waals surface area contributed by atoms with Gasteiger partial charge in [0, 0.05) is 11.1 Å². The van der Waals surface area contributed by atoms with Crippen LogP contribution in [0.5, 0.6) is 0 Å². The van der Waals surface area contributed by atoms with Gasteiger partial charge in [-0.25, -0.2) is 0 Å². The van der Waals surface area contributed by atoms with Gasteiger partial charge in [-0.2, -0.15) is 0 Å². The summed E-state index contributed by atoms with van der Waals surface area (Å²) in [7, 11) is 0. The lowest BCUT2D eigenvalue weighted by Gasteiger charge is -2.30. The van der Waals surface area contributed by atoms with Crippen LogP contribution in [0.3, 0.4) is 0 Å². The largest absolute Gasteiger partial charge is 0.378 e. The second-order valence-electron chi connectivity index (χ2n) is 3.68. The molecule has 1 aromatic rings. The first-order chi connectivity index (χ1) is 6.75. The fourth-order valence-electron chi connectivity index (χ4n) is 1.56. The van der Waals surface area contributed by atoms with Gasteiger partial charge in [0.1, 0.15) is 0 Å². The molecule has 76 valence electrons. The predicted molar refractivity (Wildman–Crippen MR) is 57.6 cm³/mol. The number of rotatable bonds is 3. The predicted octanol–water partition coefficient (Wildman–Crippen LogP) is 2.39. The zero-order valence-electron chi connectivity index (χ0n) is 8.16. The van der Waals surface area contributed by atoms with Crippen molar-refractivity contribution in [2.45, 2.75) is 19.0 Å². The van der Waals surface area contributed by atoms with Crippen molar-refractivity contribution in [3.8, 4) is 0 Å². The van der Waals surface area contributed by atoms with E-state index >= 15 is 0 Å². The molecule has 1 heterocycles. The Bertz CT molecular complexity index is 312. The van der Waals surface area contributed by atoms with E-state index in [-0.39, 0.29) is 0 Å². The summed E-state index contributed by atoms with van der Waals surface area (Å²) in [6, 6.07) is 8.80. The normalized spacial score (nSPS) is 19.0. The molecular weight excluding hydrogens is 198 g/mol. The van der Waals surface area contributed by atoms with Crippen LogP contribution >= 0.6 is 11.6 Å². The van der Waals surface area contributed by atoms with Gasteiger partial charge < -0.3 is 10.1 Å². The van der Waals surface area contributed by atoms with Crippen molar-refractivity contribution >= 4 is 11.6 Å². The molecule has 0 spiro atoms. The van der Waals surface area contributed by atoms with Crippen molar-refractivity contribution in [3.63, 3.8) is 0 Å². The molecule has 1 fully saturated rings. The van der Waals surface area contributed by atoms with Crippen LogP contribution in [0.15, 0.2) is 24.3 Å². The average molecular weight is 212 g/mol. The molecule has 0 saturated carbocycles. The average Bonchev–Trinajstić information content (AvgIpc) is 2.11. The summed E-state index contributed by atoms with van der Waals surface area (Å²) in [5.41, 5.74) is 1.23. The fourth-order valence-corrected chi connectivity index (χ4v) is 1.76. The number of ether oxygens (including phenoxy) is 1. The summed E-state index contributed by atoms with van der Waals surface area (Å²) >= 11 is 5.92. The number of nitrogens with one attached hydrogen (secondary N) is 1. The topological polar surface area (TPSA) is 21.3 Å². The van der Waals surface area contributed by atoms with E-state index < -0.39 is 0 Å². The Morgan fingerprint density at radius 1 is 1.50 bits per heavy atom. The van der Waals surface area contributed by atoms with Gasteiger partial charge in [0.2, 0.25) is 0 Å². The maximum atomic E-state index is 5.92. The Morgan fingerprint density at radius 2 is 2.29 bits per heavy atom. The van der Waals surface area contributed by atoms with Crippen LogP contribution < -0.4 is 5.32 Å². The van der Waals surface area contributed by atoms with E-state index in [9.17, 15) is 0 Å². The lowest BCUT2D eigenvalue weighted by molar-refractivity contribution is -0.00925. The molecule has 2 nitrogen and oxygen atoms in total. The minimum absolute atomic E-state index is 0.336. The van der Waals surface area contributed by atoms with Crippen molar-refractivity contribution in [2.24, 2.45) is 0 Å². The van der Waals surface area contributed by atoms with E-state index in [4.69, 9.17) is 16.3 Å². The SMILES string of the molecule is CC(NC1COC1)c1cccc(Cl)c1. The summed E-state index contributed by atoms with van der Waals surface area (Å²) in [6.07, 6.45) is 0. The summed E-state index contributed by atoms with van der Waals surface area (Å²) < 4.78 is 5.11. The first-order valence-corrected chi connectivity index (χ1v) is 5.23. The van der Waals surface area contributed by atoms with Crippen molar-refractivity contribution < 1.29 is 4.74 Å². The van der Waals surface area contributed by atoms with Crippen LogP contribution in [0, 0.1) is 0 Å². The minimum atomic E-state index is 0.336. The van der Waals surface area contributed by atoms with Gasteiger partial charge in [-0.15, -0.1) is 0 Å². The summed E-state index contributed by atoms with van der Waals surface area (Å²) in [6.45, 7) is 3.79. The summed E-state index contributed by atoms with van der Waals surface area (Å²) in [5.74, 6) is 0. The van der Waals surface area contributed by atoms with Crippen LogP contribution in [-0.2, 0) is 4.74 Å². The zero-order chi connectivity index (χ0) is 9.97. The molecule has 1 atom stereocenters. The van der Waals surface area contributed by atoms with Crippen LogP contribution in [0.1, 0.15) is 18.5 Å². The molecule has 1 N–H and O–H groups in total. The Morgan fingerprint density at radius 3 is 2.86 bits per heavy atom. The second-order valence-corrected chi connectivity index (χ2v) is 4.11. The minimum Gasteiger partial charge on any atom is -0.378 e. The zero-order valence-corrected chi connectivity index (χ0v) is 8.92. The Hall–Kier alpha value is -0.570. The number of halogens is 1. The third-order valence-electron chi connectivity index (χ3n) is 2.47. The molecule has 1 aliphatic heterocycles. The van der Waals surface area contributed by atoms with Crippen LogP contribution in [-0.4, -0.2) is 19.3 Å². The number of hydrogen-bond acceptors (Lipinski definition) is 2. The van der Waals surface area contributed by atoms with E-state index in [2.05, 4.69) is 18.3 Å². The highest BCUT2D eigenvalue weighted by Crippen LogP contribution is 2.18. The third kappa shape index (κ3) is 2.27. The molecule has 1 unspecified atom stereocenters. The lowest BCUT2D eigenvalue weighted by atomic mass is 10.1. The van der Waals surface area contributed by atoms with E-state index in [1.54, 1.807) is 0 Å². The number of hydrogen-bond donors (Lipinski definition) is 1. The van der Waals surface area contributed by atoms with Crippen LogP contribution in [0.25, 0.3) is 0 Å². The van der Waals surface area contributed by atoms with Gasteiger partial charge in [-0.05, 0) is 24.6 Å². The van der Waals surface area contributed by atoms with Crippen LogP contribution in [0.2, 0.25) is 5.02 Å². The molecule has 3 heteroatoms. The molecule has 1 saturated heterocycles. The molecule has 0 aromatic heterocycles. The van der Waals surface area contributed by atoms with Gasteiger partial charge in [0.15, 0.2) is 0 Å². The lowest BCUT2D eigenvalue weighted by Crippen LogP contribution is -2.46. The van der Waals surface area contributed by atoms with Crippen molar-refractivity contribution in [2.75, 3.05) is 13.2 Å². The highest BCUT2D eigenvalue weighted by molar-refractivity contribution is 6.30. The first kappa shape index (κ1) is 9.97.